The van der Waals surface area contributed by atoms with Crippen LogP contribution in [0, 0.1) is 0 Å². The van der Waals surface area contributed by atoms with Crippen molar-refractivity contribution in [3.8, 4) is 28.4 Å². The van der Waals surface area contributed by atoms with Crippen LogP contribution in [-0.2, 0) is 4.74 Å². The van der Waals surface area contributed by atoms with Gasteiger partial charge in [0.15, 0.2) is 5.15 Å². The molecular formula is C23H26ClN3O4. The molecule has 7 nitrogen and oxygen atoms in total. The van der Waals surface area contributed by atoms with Crippen molar-refractivity contribution in [1.29, 1.82) is 0 Å². The van der Waals surface area contributed by atoms with Crippen LogP contribution in [0.2, 0.25) is 5.15 Å². The Morgan fingerprint density at radius 3 is 2.32 bits per heavy atom. The van der Waals surface area contributed by atoms with Gasteiger partial charge in [-0.05, 0) is 69.3 Å². The fourth-order valence-electron chi connectivity index (χ4n) is 2.84. The SMILES string of the molecule is COc1ccc(-n2nc(Cl)cc2-c2ccc(OCCNC(=O)OC(C)(C)C)cc2)cc1. The van der Waals surface area contributed by atoms with Gasteiger partial charge < -0.3 is 19.5 Å². The topological polar surface area (TPSA) is 74.6 Å². The third-order valence-corrected chi connectivity index (χ3v) is 4.37. The van der Waals surface area contributed by atoms with Crippen LogP contribution in [0.25, 0.3) is 16.9 Å². The third-order valence-electron chi connectivity index (χ3n) is 4.19. The number of hydrogen-bond donors (Lipinski definition) is 1. The van der Waals surface area contributed by atoms with Crippen molar-refractivity contribution in [3.63, 3.8) is 0 Å². The first kappa shape index (κ1) is 22.5. The van der Waals surface area contributed by atoms with Gasteiger partial charge in [-0.1, -0.05) is 11.6 Å². The van der Waals surface area contributed by atoms with Crippen molar-refractivity contribution in [3.05, 3.63) is 59.8 Å². The fraction of sp³-hybridized carbons (Fsp3) is 0.304. The average molecular weight is 444 g/mol. The quantitative estimate of drug-likeness (QED) is 0.514. The first-order chi connectivity index (χ1) is 14.7. The minimum absolute atomic E-state index is 0.328. The van der Waals surface area contributed by atoms with Crippen LogP contribution in [0.5, 0.6) is 11.5 Å². The fourth-order valence-corrected chi connectivity index (χ4v) is 3.02. The Bertz CT molecular complexity index is 1010. The molecule has 0 bridgehead atoms. The van der Waals surface area contributed by atoms with Gasteiger partial charge in [0.25, 0.3) is 0 Å². The number of aromatic nitrogens is 2. The van der Waals surface area contributed by atoms with Crippen molar-refractivity contribution >= 4 is 17.7 Å². The van der Waals surface area contributed by atoms with Gasteiger partial charge in [-0.15, -0.1) is 0 Å². The molecular weight excluding hydrogens is 418 g/mol. The van der Waals surface area contributed by atoms with Crippen molar-refractivity contribution in [2.75, 3.05) is 20.3 Å². The Morgan fingerprint density at radius 1 is 1.06 bits per heavy atom. The molecule has 0 unspecified atom stereocenters. The van der Waals surface area contributed by atoms with E-state index in [9.17, 15) is 4.79 Å². The van der Waals surface area contributed by atoms with E-state index in [-0.39, 0.29) is 0 Å². The number of ether oxygens (including phenoxy) is 3. The molecule has 0 radical (unpaired) electrons. The molecule has 1 heterocycles. The molecule has 3 aromatic rings. The Balaban J connectivity index is 1.62. The van der Waals surface area contributed by atoms with E-state index in [0.717, 1.165) is 22.7 Å². The van der Waals surface area contributed by atoms with Crippen molar-refractivity contribution < 1.29 is 19.0 Å². The molecule has 164 valence electrons. The lowest BCUT2D eigenvalue weighted by atomic mass is 10.1. The first-order valence-corrected chi connectivity index (χ1v) is 10.2. The molecule has 31 heavy (non-hydrogen) atoms. The summed E-state index contributed by atoms with van der Waals surface area (Å²) < 4.78 is 17.9. The first-order valence-electron chi connectivity index (χ1n) is 9.85. The smallest absolute Gasteiger partial charge is 0.407 e. The van der Waals surface area contributed by atoms with E-state index >= 15 is 0 Å². The molecule has 0 saturated heterocycles. The van der Waals surface area contributed by atoms with Crippen molar-refractivity contribution in [2.24, 2.45) is 0 Å². The molecule has 1 amide bonds. The second-order valence-electron chi connectivity index (χ2n) is 7.76. The summed E-state index contributed by atoms with van der Waals surface area (Å²) in [7, 11) is 1.63. The van der Waals surface area contributed by atoms with Crippen LogP contribution < -0.4 is 14.8 Å². The summed E-state index contributed by atoms with van der Waals surface area (Å²) in [5.74, 6) is 1.46. The third kappa shape index (κ3) is 6.39. The van der Waals surface area contributed by atoms with Gasteiger partial charge in [0.2, 0.25) is 0 Å². The molecule has 0 fully saturated rings. The summed E-state index contributed by atoms with van der Waals surface area (Å²) in [6.45, 7) is 6.12. The van der Waals surface area contributed by atoms with E-state index in [4.69, 9.17) is 25.8 Å². The number of carbonyl (C=O) groups is 1. The summed E-state index contributed by atoms with van der Waals surface area (Å²) >= 11 is 6.18. The van der Waals surface area contributed by atoms with Gasteiger partial charge in [0, 0.05) is 11.6 Å². The summed E-state index contributed by atoms with van der Waals surface area (Å²) in [6, 6.07) is 17.0. The number of nitrogens with one attached hydrogen (secondary N) is 1. The largest absolute Gasteiger partial charge is 0.497 e. The summed E-state index contributed by atoms with van der Waals surface area (Å²) in [5, 5.41) is 7.46. The Kier molecular flexibility index (Phi) is 7.07. The normalized spacial score (nSPS) is 11.1. The van der Waals surface area contributed by atoms with Gasteiger partial charge in [-0.2, -0.15) is 5.10 Å². The van der Waals surface area contributed by atoms with Gasteiger partial charge in [-0.3, -0.25) is 0 Å². The molecule has 1 aromatic heterocycles. The zero-order chi connectivity index (χ0) is 22.4. The Labute approximate surface area is 186 Å². The highest BCUT2D eigenvalue weighted by Crippen LogP contribution is 2.28. The highest BCUT2D eigenvalue weighted by Gasteiger charge is 2.15. The second kappa shape index (κ2) is 9.75. The van der Waals surface area contributed by atoms with Crippen LogP contribution in [0.3, 0.4) is 0 Å². The molecule has 0 spiro atoms. The van der Waals surface area contributed by atoms with Crippen LogP contribution in [0.15, 0.2) is 54.6 Å². The minimum atomic E-state index is -0.526. The van der Waals surface area contributed by atoms with E-state index in [1.807, 2.05) is 75.4 Å². The van der Waals surface area contributed by atoms with Gasteiger partial charge in [0.05, 0.1) is 25.0 Å². The number of rotatable bonds is 7. The number of nitrogens with zero attached hydrogens (tertiary/aromatic N) is 2. The van der Waals surface area contributed by atoms with E-state index in [2.05, 4.69) is 10.4 Å². The van der Waals surface area contributed by atoms with Crippen LogP contribution in [0.4, 0.5) is 4.79 Å². The predicted molar refractivity (Wildman–Crippen MR) is 120 cm³/mol. The lowest BCUT2D eigenvalue weighted by molar-refractivity contribution is 0.0520. The second-order valence-corrected chi connectivity index (χ2v) is 8.15. The van der Waals surface area contributed by atoms with Gasteiger partial charge in [-0.25, -0.2) is 9.48 Å². The molecule has 1 N–H and O–H groups in total. The van der Waals surface area contributed by atoms with Crippen LogP contribution >= 0.6 is 11.6 Å². The lowest BCUT2D eigenvalue weighted by Gasteiger charge is -2.19. The highest BCUT2D eigenvalue weighted by atomic mass is 35.5. The zero-order valence-corrected chi connectivity index (χ0v) is 18.8. The molecule has 8 heteroatoms. The monoisotopic (exact) mass is 443 g/mol. The summed E-state index contributed by atoms with van der Waals surface area (Å²) in [4.78, 5) is 11.6. The van der Waals surface area contributed by atoms with Crippen LogP contribution in [-0.4, -0.2) is 41.7 Å². The lowest BCUT2D eigenvalue weighted by Crippen LogP contribution is -2.34. The van der Waals surface area contributed by atoms with Gasteiger partial charge >= 0.3 is 6.09 Å². The number of carbonyl (C=O) groups excluding carboxylic acids is 1. The minimum Gasteiger partial charge on any atom is -0.497 e. The van der Waals surface area contributed by atoms with E-state index in [0.29, 0.717) is 24.1 Å². The van der Waals surface area contributed by atoms with Crippen molar-refractivity contribution in [1.82, 2.24) is 15.1 Å². The highest BCUT2D eigenvalue weighted by molar-refractivity contribution is 6.29. The predicted octanol–water partition coefficient (Wildman–Crippen LogP) is 5.10. The van der Waals surface area contributed by atoms with E-state index < -0.39 is 11.7 Å². The number of alkyl carbamates (subject to hydrolysis) is 1. The molecule has 2 aromatic carbocycles. The number of benzene rings is 2. The van der Waals surface area contributed by atoms with Crippen molar-refractivity contribution in [2.45, 2.75) is 26.4 Å². The maximum Gasteiger partial charge on any atom is 0.407 e. The number of amides is 1. The molecule has 0 atom stereocenters. The maximum atomic E-state index is 11.6. The molecule has 0 saturated carbocycles. The zero-order valence-electron chi connectivity index (χ0n) is 18.0. The Morgan fingerprint density at radius 2 is 1.71 bits per heavy atom. The number of hydrogen-bond acceptors (Lipinski definition) is 5. The summed E-state index contributed by atoms with van der Waals surface area (Å²) in [5.41, 5.74) is 2.14. The molecule has 0 aliphatic carbocycles. The Hall–Kier alpha value is -3.19. The summed E-state index contributed by atoms with van der Waals surface area (Å²) in [6.07, 6.45) is -0.463. The van der Waals surface area contributed by atoms with Crippen LogP contribution in [0.1, 0.15) is 20.8 Å². The van der Waals surface area contributed by atoms with E-state index in [1.165, 1.54) is 0 Å². The van der Waals surface area contributed by atoms with Gasteiger partial charge in [0.1, 0.15) is 23.7 Å². The maximum absolute atomic E-state index is 11.6. The average Bonchev–Trinajstić information content (AvgIpc) is 3.12. The molecule has 3 rings (SSSR count). The molecule has 0 aliphatic rings. The molecule has 0 aliphatic heterocycles. The van der Waals surface area contributed by atoms with E-state index in [1.54, 1.807) is 11.8 Å². The number of methoxy groups -OCH3 is 1. The number of halogens is 1. The standard InChI is InChI=1S/C23H26ClN3O4/c1-23(2,3)31-22(28)25-13-14-30-19-9-5-16(6-10-19)20-15-21(24)26-27(20)17-7-11-18(29-4)12-8-17/h5-12,15H,13-14H2,1-4H3,(H,25,28).